The highest BCUT2D eigenvalue weighted by Gasteiger charge is 2.25. The third kappa shape index (κ3) is 5.80. The molecule has 1 aromatic rings. The van der Waals surface area contributed by atoms with Crippen molar-refractivity contribution in [2.45, 2.75) is 42.4 Å². The van der Waals surface area contributed by atoms with Gasteiger partial charge in [0.2, 0.25) is 5.91 Å². The molecule has 2 atom stereocenters. The minimum absolute atomic E-state index is 0. The van der Waals surface area contributed by atoms with Crippen LogP contribution in [0, 0.1) is 5.92 Å². The Kier molecular flexibility index (Phi) is 7.42. The number of alkyl halides is 2. The third-order valence-electron chi connectivity index (χ3n) is 3.53. The maximum atomic E-state index is 12.2. The van der Waals surface area contributed by atoms with Gasteiger partial charge in [-0.3, -0.25) is 4.79 Å². The summed E-state index contributed by atoms with van der Waals surface area (Å²) in [5.74, 6) is -2.25. The normalized spacial score (nSPS) is 21.1. The van der Waals surface area contributed by atoms with E-state index in [4.69, 9.17) is 5.73 Å². The minimum atomic E-state index is -2.43. The van der Waals surface area contributed by atoms with Crippen molar-refractivity contribution in [2.75, 3.05) is 5.32 Å². The molecular weight excluding hydrogens is 318 g/mol. The van der Waals surface area contributed by atoms with Crippen LogP contribution in [-0.2, 0) is 4.79 Å². The summed E-state index contributed by atoms with van der Waals surface area (Å²) in [6, 6.07) is 6.54. The number of amides is 1. The zero-order chi connectivity index (χ0) is 14.5. The second-order valence-electron chi connectivity index (χ2n) is 5.01. The quantitative estimate of drug-likeness (QED) is 0.802. The second-order valence-corrected chi connectivity index (χ2v) is 6.07. The average Bonchev–Trinajstić information content (AvgIpc) is 2.77. The number of nitrogens with two attached hydrogens (primary N) is 1. The largest absolute Gasteiger partial charge is 0.327 e. The van der Waals surface area contributed by atoms with Gasteiger partial charge in [-0.25, -0.2) is 0 Å². The zero-order valence-electron chi connectivity index (χ0n) is 11.4. The van der Waals surface area contributed by atoms with Crippen LogP contribution in [0.1, 0.15) is 25.7 Å². The first-order chi connectivity index (χ1) is 9.54. The molecule has 7 heteroatoms. The van der Waals surface area contributed by atoms with Crippen molar-refractivity contribution >= 4 is 35.8 Å². The van der Waals surface area contributed by atoms with Gasteiger partial charge in [0, 0.05) is 23.0 Å². The third-order valence-corrected chi connectivity index (χ3v) is 4.25. The average molecular weight is 337 g/mol. The standard InChI is InChI=1S/C14H18F2N2OS.ClH/c15-14(16)20-11-6-4-10(5-7-11)18-13(19)8-9-2-1-3-12(9)17;/h4-7,9,12,14H,1-3,8,17H2,(H,18,19);1H/t9-,12+;/m0./s1. The van der Waals surface area contributed by atoms with Crippen LogP contribution in [0.3, 0.4) is 0 Å². The molecule has 21 heavy (non-hydrogen) atoms. The van der Waals surface area contributed by atoms with E-state index in [-0.39, 0.29) is 30.3 Å². The molecule has 0 aliphatic heterocycles. The minimum Gasteiger partial charge on any atom is -0.327 e. The summed E-state index contributed by atoms with van der Waals surface area (Å²) in [4.78, 5) is 12.4. The van der Waals surface area contributed by atoms with Crippen molar-refractivity contribution in [1.82, 2.24) is 0 Å². The van der Waals surface area contributed by atoms with Crippen LogP contribution >= 0.6 is 24.2 Å². The maximum Gasteiger partial charge on any atom is 0.288 e. The molecule has 1 amide bonds. The van der Waals surface area contributed by atoms with Crippen molar-refractivity contribution in [3.63, 3.8) is 0 Å². The molecule has 0 heterocycles. The Balaban J connectivity index is 0.00000220. The number of carbonyl (C=O) groups is 1. The number of halogens is 3. The Labute approximate surface area is 133 Å². The van der Waals surface area contributed by atoms with Crippen LogP contribution in [0.2, 0.25) is 0 Å². The molecule has 1 aliphatic rings. The lowest BCUT2D eigenvalue weighted by molar-refractivity contribution is -0.117. The van der Waals surface area contributed by atoms with E-state index in [2.05, 4.69) is 5.32 Å². The molecule has 0 unspecified atom stereocenters. The first-order valence-corrected chi connectivity index (χ1v) is 7.53. The van der Waals surface area contributed by atoms with Gasteiger partial charge in [0.25, 0.3) is 5.76 Å². The van der Waals surface area contributed by atoms with Crippen LogP contribution in [0.5, 0.6) is 0 Å². The zero-order valence-corrected chi connectivity index (χ0v) is 13.1. The molecule has 0 aromatic heterocycles. The summed E-state index contributed by atoms with van der Waals surface area (Å²) in [5.41, 5.74) is 6.56. The van der Waals surface area contributed by atoms with E-state index in [0.29, 0.717) is 28.8 Å². The smallest absolute Gasteiger partial charge is 0.288 e. The lowest BCUT2D eigenvalue weighted by Crippen LogP contribution is -2.28. The van der Waals surface area contributed by atoms with Crippen molar-refractivity contribution in [3.05, 3.63) is 24.3 Å². The van der Waals surface area contributed by atoms with Crippen molar-refractivity contribution < 1.29 is 13.6 Å². The fraction of sp³-hybridized carbons (Fsp3) is 0.500. The Morgan fingerprint density at radius 1 is 1.33 bits per heavy atom. The number of nitrogens with one attached hydrogen (secondary N) is 1. The molecule has 1 aromatic carbocycles. The predicted molar refractivity (Wildman–Crippen MR) is 84.1 cm³/mol. The monoisotopic (exact) mass is 336 g/mol. The summed E-state index contributed by atoms with van der Waals surface area (Å²) < 4.78 is 24.4. The van der Waals surface area contributed by atoms with E-state index >= 15 is 0 Å². The van der Waals surface area contributed by atoms with Gasteiger partial charge in [-0.2, -0.15) is 8.78 Å². The van der Waals surface area contributed by atoms with E-state index < -0.39 is 5.76 Å². The summed E-state index contributed by atoms with van der Waals surface area (Å²) in [5, 5.41) is 2.78. The van der Waals surface area contributed by atoms with Gasteiger partial charge in [0.05, 0.1) is 0 Å². The number of carbonyl (C=O) groups excluding carboxylic acids is 1. The van der Waals surface area contributed by atoms with E-state index in [9.17, 15) is 13.6 Å². The van der Waals surface area contributed by atoms with Gasteiger partial charge in [-0.15, -0.1) is 12.4 Å². The molecule has 1 fully saturated rings. The number of anilines is 1. The number of hydrogen-bond acceptors (Lipinski definition) is 3. The molecule has 1 saturated carbocycles. The molecule has 1 aliphatic carbocycles. The van der Waals surface area contributed by atoms with E-state index in [1.807, 2.05) is 0 Å². The molecule has 0 spiro atoms. The molecule has 118 valence electrons. The van der Waals surface area contributed by atoms with Crippen molar-refractivity contribution in [3.8, 4) is 0 Å². The fourth-order valence-corrected chi connectivity index (χ4v) is 2.99. The van der Waals surface area contributed by atoms with Gasteiger partial charge in [0.15, 0.2) is 0 Å². The lowest BCUT2D eigenvalue weighted by atomic mass is 10.00. The first-order valence-electron chi connectivity index (χ1n) is 6.65. The molecule has 0 saturated heterocycles. The Morgan fingerprint density at radius 2 is 2.00 bits per heavy atom. The first kappa shape index (κ1) is 18.2. The highest BCUT2D eigenvalue weighted by Crippen LogP contribution is 2.28. The Bertz CT molecular complexity index is 459. The Morgan fingerprint density at radius 3 is 2.52 bits per heavy atom. The number of rotatable bonds is 5. The molecule has 3 nitrogen and oxygen atoms in total. The summed E-state index contributed by atoms with van der Waals surface area (Å²) in [7, 11) is 0. The SMILES string of the molecule is Cl.N[C@@H]1CCC[C@H]1CC(=O)Nc1ccc(SC(F)F)cc1. The summed E-state index contributed by atoms with van der Waals surface area (Å²) >= 11 is 0.490. The van der Waals surface area contributed by atoms with Gasteiger partial charge in [-0.05, 0) is 43.0 Å². The molecule has 3 N–H and O–H groups in total. The summed E-state index contributed by atoms with van der Waals surface area (Å²) in [6.07, 6.45) is 3.49. The highest BCUT2D eigenvalue weighted by molar-refractivity contribution is 7.99. The van der Waals surface area contributed by atoms with Gasteiger partial charge in [0.1, 0.15) is 0 Å². The fourth-order valence-electron chi connectivity index (χ4n) is 2.49. The lowest BCUT2D eigenvalue weighted by Gasteiger charge is -2.14. The van der Waals surface area contributed by atoms with Crippen LogP contribution in [0.15, 0.2) is 29.2 Å². The number of hydrogen-bond donors (Lipinski definition) is 2. The van der Waals surface area contributed by atoms with Crippen LogP contribution < -0.4 is 11.1 Å². The second kappa shape index (κ2) is 8.56. The molecule has 2 rings (SSSR count). The van der Waals surface area contributed by atoms with Crippen LogP contribution in [0.4, 0.5) is 14.5 Å². The molecular formula is C14H19ClF2N2OS. The summed E-state index contributed by atoms with van der Waals surface area (Å²) in [6.45, 7) is 0. The van der Waals surface area contributed by atoms with Gasteiger partial charge in [-0.1, -0.05) is 18.2 Å². The van der Waals surface area contributed by atoms with E-state index in [1.54, 1.807) is 24.3 Å². The van der Waals surface area contributed by atoms with Gasteiger partial charge < -0.3 is 11.1 Å². The number of thioether (sulfide) groups is 1. The van der Waals surface area contributed by atoms with Crippen molar-refractivity contribution in [1.29, 1.82) is 0 Å². The maximum absolute atomic E-state index is 12.2. The van der Waals surface area contributed by atoms with E-state index in [0.717, 1.165) is 19.3 Å². The Hall–Kier alpha value is -0.850. The molecule has 0 radical (unpaired) electrons. The van der Waals surface area contributed by atoms with Gasteiger partial charge >= 0.3 is 0 Å². The molecule has 0 bridgehead atoms. The van der Waals surface area contributed by atoms with E-state index in [1.165, 1.54) is 0 Å². The van der Waals surface area contributed by atoms with Crippen LogP contribution in [-0.4, -0.2) is 17.7 Å². The predicted octanol–water partition coefficient (Wildman–Crippen LogP) is 3.88. The van der Waals surface area contributed by atoms with Crippen molar-refractivity contribution in [2.24, 2.45) is 11.7 Å². The highest BCUT2D eigenvalue weighted by atomic mass is 35.5. The topological polar surface area (TPSA) is 55.1 Å². The number of benzene rings is 1. The van der Waals surface area contributed by atoms with Crippen LogP contribution in [0.25, 0.3) is 0 Å².